The van der Waals surface area contributed by atoms with Crippen molar-refractivity contribution in [3.8, 4) is 22.6 Å². The predicted molar refractivity (Wildman–Crippen MR) is 80.1 cm³/mol. The molecule has 0 aliphatic rings. The highest BCUT2D eigenvalue weighted by molar-refractivity contribution is 9.10. The summed E-state index contributed by atoms with van der Waals surface area (Å²) in [6.07, 6.45) is 0. The Labute approximate surface area is 124 Å². The number of halogens is 2. The topological polar surface area (TPSA) is 26.0 Å². The molecule has 94 valence electrons. The number of oxazole rings is 1. The van der Waals surface area contributed by atoms with Crippen LogP contribution in [0.3, 0.4) is 0 Å². The van der Waals surface area contributed by atoms with Crippen molar-refractivity contribution in [1.29, 1.82) is 0 Å². The molecule has 3 rings (SSSR count). The maximum atomic E-state index is 5.92. The molecule has 2 nitrogen and oxygen atoms in total. The van der Waals surface area contributed by atoms with Gasteiger partial charge in [-0.3, -0.25) is 0 Å². The van der Waals surface area contributed by atoms with E-state index in [9.17, 15) is 0 Å². The van der Waals surface area contributed by atoms with Crippen LogP contribution in [0.25, 0.3) is 22.6 Å². The normalized spacial score (nSPS) is 10.6. The first-order valence-corrected chi connectivity index (χ1v) is 6.89. The molecule has 4 heteroatoms. The van der Waals surface area contributed by atoms with Crippen molar-refractivity contribution < 1.29 is 4.42 Å². The lowest BCUT2D eigenvalue weighted by Crippen LogP contribution is -1.83. The quantitative estimate of drug-likeness (QED) is 0.625. The average molecular weight is 335 g/mol. The van der Waals surface area contributed by atoms with Crippen molar-refractivity contribution in [1.82, 2.24) is 4.98 Å². The molecule has 0 radical (unpaired) electrons. The molecule has 1 heterocycles. The molecule has 0 bridgehead atoms. The zero-order valence-electron chi connectivity index (χ0n) is 9.81. The minimum absolute atomic E-state index is 0.143. The summed E-state index contributed by atoms with van der Waals surface area (Å²) in [5.74, 6) is 0.678. The van der Waals surface area contributed by atoms with Crippen LogP contribution in [0.1, 0.15) is 0 Å². The Morgan fingerprint density at radius 3 is 2.37 bits per heavy atom. The molecule has 0 spiro atoms. The average Bonchev–Trinajstić information content (AvgIpc) is 2.82. The number of rotatable bonds is 2. The Morgan fingerprint density at radius 2 is 1.63 bits per heavy atom. The van der Waals surface area contributed by atoms with E-state index in [-0.39, 0.29) is 5.35 Å². The highest BCUT2D eigenvalue weighted by atomic mass is 79.9. The standard InChI is InChI=1S/C15H9BrClNO/c16-12-9-5-4-8-11(12)13-14(19-15(17)18-13)10-6-2-1-3-7-10/h1-9H. The van der Waals surface area contributed by atoms with Crippen LogP contribution in [0.2, 0.25) is 5.35 Å². The molecule has 0 aliphatic heterocycles. The summed E-state index contributed by atoms with van der Waals surface area (Å²) in [6.45, 7) is 0. The number of hydrogen-bond donors (Lipinski definition) is 0. The summed E-state index contributed by atoms with van der Waals surface area (Å²) >= 11 is 9.45. The van der Waals surface area contributed by atoms with Crippen LogP contribution in [-0.2, 0) is 0 Å². The van der Waals surface area contributed by atoms with Gasteiger partial charge in [0, 0.05) is 15.6 Å². The molecule has 3 aromatic rings. The Bertz CT molecular complexity index is 709. The van der Waals surface area contributed by atoms with Gasteiger partial charge in [-0.15, -0.1) is 0 Å². The van der Waals surface area contributed by atoms with Gasteiger partial charge in [-0.2, -0.15) is 4.98 Å². The third-order valence-corrected chi connectivity index (χ3v) is 3.62. The fraction of sp³-hybridized carbons (Fsp3) is 0. The Hall–Kier alpha value is -1.58. The molecule has 0 saturated carbocycles. The van der Waals surface area contributed by atoms with E-state index in [0.29, 0.717) is 5.76 Å². The summed E-state index contributed by atoms with van der Waals surface area (Å²) in [5.41, 5.74) is 2.65. The summed E-state index contributed by atoms with van der Waals surface area (Å²) in [7, 11) is 0. The molecule has 0 amide bonds. The monoisotopic (exact) mass is 333 g/mol. The van der Waals surface area contributed by atoms with E-state index in [4.69, 9.17) is 16.0 Å². The van der Waals surface area contributed by atoms with Crippen molar-refractivity contribution in [3.05, 3.63) is 64.4 Å². The second kappa shape index (κ2) is 5.19. The molecule has 1 aromatic heterocycles. The van der Waals surface area contributed by atoms with Gasteiger partial charge in [-0.05, 0) is 17.7 Å². The first-order valence-electron chi connectivity index (χ1n) is 5.72. The molecule has 0 saturated heterocycles. The van der Waals surface area contributed by atoms with Crippen LogP contribution in [0.4, 0.5) is 0 Å². The zero-order chi connectivity index (χ0) is 13.2. The highest BCUT2D eigenvalue weighted by Gasteiger charge is 2.17. The summed E-state index contributed by atoms with van der Waals surface area (Å²) in [4.78, 5) is 4.29. The Morgan fingerprint density at radius 1 is 0.947 bits per heavy atom. The lowest BCUT2D eigenvalue weighted by Gasteiger charge is -2.03. The van der Waals surface area contributed by atoms with E-state index in [2.05, 4.69) is 20.9 Å². The Balaban J connectivity index is 2.21. The van der Waals surface area contributed by atoms with Gasteiger partial charge in [0.25, 0.3) is 5.35 Å². The van der Waals surface area contributed by atoms with Crippen LogP contribution in [0, 0.1) is 0 Å². The van der Waals surface area contributed by atoms with Gasteiger partial charge in [-0.25, -0.2) is 0 Å². The number of benzene rings is 2. The number of hydrogen-bond acceptors (Lipinski definition) is 2. The van der Waals surface area contributed by atoms with Gasteiger partial charge in [0.15, 0.2) is 5.76 Å². The van der Waals surface area contributed by atoms with E-state index in [1.165, 1.54) is 0 Å². The van der Waals surface area contributed by atoms with Crippen molar-refractivity contribution in [3.63, 3.8) is 0 Å². The fourth-order valence-corrected chi connectivity index (χ4v) is 2.55. The SMILES string of the molecule is Clc1nc(-c2ccccc2Br)c(-c2ccccc2)o1. The van der Waals surface area contributed by atoms with Gasteiger partial charge in [-0.1, -0.05) is 64.5 Å². The second-order valence-electron chi connectivity index (χ2n) is 3.99. The first-order chi connectivity index (χ1) is 9.25. The zero-order valence-corrected chi connectivity index (χ0v) is 12.1. The summed E-state index contributed by atoms with van der Waals surface area (Å²) in [6, 6.07) is 17.7. The summed E-state index contributed by atoms with van der Waals surface area (Å²) in [5, 5.41) is 0.143. The van der Waals surface area contributed by atoms with Crippen molar-refractivity contribution in [2.24, 2.45) is 0 Å². The first kappa shape index (κ1) is 12.5. The molecule has 2 aromatic carbocycles. The molecular formula is C15H9BrClNO. The molecule has 0 atom stereocenters. The fourth-order valence-electron chi connectivity index (χ4n) is 1.92. The van der Waals surface area contributed by atoms with Crippen LogP contribution in [-0.4, -0.2) is 4.98 Å². The van der Waals surface area contributed by atoms with Gasteiger partial charge >= 0.3 is 0 Å². The largest absolute Gasteiger partial charge is 0.427 e. The van der Waals surface area contributed by atoms with E-state index < -0.39 is 0 Å². The number of aromatic nitrogens is 1. The highest BCUT2D eigenvalue weighted by Crippen LogP contribution is 2.37. The molecule has 19 heavy (non-hydrogen) atoms. The molecule has 0 unspecified atom stereocenters. The molecule has 0 fully saturated rings. The Kier molecular flexibility index (Phi) is 3.40. The van der Waals surface area contributed by atoms with Gasteiger partial charge < -0.3 is 4.42 Å². The minimum Gasteiger partial charge on any atom is -0.427 e. The maximum absolute atomic E-state index is 5.92. The lowest BCUT2D eigenvalue weighted by atomic mass is 10.1. The van der Waals surface area contributed by atoms with Crippen molar-refractivity contribution in [2.75, 3.05) is 0 Å². The number of nitrogens with zero attached hydrogens (tertiary/aromatic N) is 1. The van der Waals surface area contributed by atoms with Crippen LogP contribution < -0.4 is 0 Å². The predicted octanol–water partition coefficient (Wildman–Crippen LogP) is 5.42. The van der Waals surface area contributed by atoms with Gasteiger partial charge in [0.1, 0.15) is 5.69 Å². The van der Waals surface area contributed by atoms with Crippen LogP contribution in [0.15, 0.2) is 63.5 Å². The minimum atomic E-state index is 0.143. The lowest BCUT2D eigenvalue weighted by molar-refractivity contribution is 0.574. The van der Waals surface area contributed by atoms with Crippen LogP contribution >= 0.6 is 27.5 Å². The van der Waals surface area contributed by atoms with Gasteiger partial charge in [0.05, 0.1) is 0 Å². The van der Waals surface area contributed by atoms with E-state index in [1.807, 2.05) is 54.6 Å². The second-order valence-corrected chi connectivity index (χ2v) is 5.17. The van der Waals surface area contributed by atoms with E-state index in [1.54, 1.807) is 0 Å². The molecule has 0 N–H and O–H groups in total. The molecule has 0 aliphatic carbocycles. The molecular weight excluding hydrogens is 326 g/mol. The van der Waals surface area contributed by atoms with Crippen LogP contribution in [0.5, 0.6) is 0 Å². The third-order valence-electron chi connectivity index (χ3n) is 2.77. The maximum Gasteiger partial charge on any atom is 0.293 e. The summed E-state index contributed by atoms with van der Waals surface area (Å²) < 4.78 is 6.50. The van der Waals surface area contributed by atoms with E-state index >= 15 is 0 Å². The van der Waals surface area contributed by atoms with Crippen molar-refractivity contribution >= 4 is 27.5 Å². The smallest absolute Gasteiger partial charge is 0.293 e. The van der Waals surface area contributed by atoms with Crippen molar-refractivity contribution in [2.45, 2.75) is 0 Å². The van der Waals surface area contributed by atoms with E-state index in [0.717, 1.165) is 21.3 Å². The van der Waals surface area contributed by atoms with Gasteiger partial charge in [0.2, 0.25) is 0 Å². The third kappa shape index (κ3) is 2.44.